The van der Waals surface area contributed by atoms with E-state index in [0.29, 0.717) is 19.3 Å². The lowest BCUT2D eigenvalue weighted by Gasteiger charge is -2.40. The van der Waals surface area contributed by atoms with Crippen LogP contribution in [0.1, 0.15) is 290 Å². The molecule has 476 valence electrons. The van der Waals surface area contributed by atoms with Gasteiger partial charge < -0.3 is 39.0 Å². The van der Waals surface area contributed by atoms with Gasteiger partial charge in [-0.15, -0.1) is 0 Å². The lowest BCUT2D eigenvalue weighted by atomic mass is 9.98. The number of unbranched alkanes of at least 4 members (excludes halogenated alkanes) is 29. The fourth-order valence-electron chi connectivity index (χ4n) is 9.80. The average Bonchev–Trinajstić information content (AvgIpc) is 3.60. The SMILES string of the molecule is CC/C=C\C/C=C\C/C=C\CCCCCCCC(=O)OC(COC(=O)CCCCCCCCCCC/C=C\C/C=C\CCCCC)COC1OC(C(=O)O)C(O)C(O)C1OC(=O)CCCCCCCCCCC/C=C\C/C=C\CCCCC. The van der Waals surface area contributed by atoms with Crippen LogP contribution in [0.4, 0.5) is 0 Å². The molecular weight excluding hydrogens is 1040 g/mol. The van der Waals surface area contributed by atoms with Crippen molar-refractivity contribution in [3.8, 4) is 0 Å². The number of hydrogen-bond donors (Lipinski definition) is 3. The number of carbonyl (C=O) groups is 4. The van der Waals surface area contributed by atoms with E-state index in [1.54, 1.807) is 0 Å². The summed E-state index contributed by atoms with van der Waals surface area (Å²) in [6.07, 6.45) is 63.9. The molecule has 0 spiro atoms. The standard InChI is InChI=1S/C71H120O12/c1-4-7-10-13-16-19-22-25-28-30-32-34-37-39-42-45-48-51-54-57-63(72)79-60-62(81-64(73)58-55-52-49-46-43-40-36-27-24-21-18-15-12-9-6-3)61-80-71-69(67(76)66(75)68(83-71)70(77)78)82-65(74)59-56-53-50-47-44-41-38-35-33-31-29-26-23-20-17-14-11-8-5-2/h9,12,16-21,25-29,36,62,66-69,71,75-76H,4-8,10-11,13-15,22-24,30-35,37-61H2,1-3H3,(H,77,78)/b12-9-,19-16-,20-17-,21-18-,28-25-,29-26-,36-27-. The van der Waals surface area contributed by atoms with Gasteiger partial charge in [0.15, 0.2) is 24.6 Å². The van der Waals surface area contributed by atoms with Gasteiger partial charge in [-0.2, -0.15) is 0 Å². The van der Waals surface area contributed by atoms with Crippen LogP contribution in [0, 0.1) is 0 Å². The number of aliphatic carboxylic acids is 1. The topological polar surface area (TPSA) is 175 Å². The molecule has 0 aromatic heterocycles. The molecule has 12 nitrogen and oxygen atoms in total. The number of ether oxygens (including phenoxy) is 5. The number of aliphatic hydroxyl groups is 2. The van der Waals surface area contributed by atoms with Crippen molar-refractivity contribution >= 4 is 23.9 Å². The lowest BCUT2D eigenvalue weighted by Crippen LogP contribution is -2.61. The molecule has 0 radical (unpaired) electrons. The van der Waals surface area contributed by atoms with Gasteiger partial charge in [0, 0.05) is 19.3 Å². The van der Waals surface area contributed by atoms with Crippen LogP contribution < -0.4 is 0 Å². The summed E-state index contributed by atoms with van der Waals surface area (Å²) < 4.78 is 28.6. The molecule has 0 amide bonds. The monoisotopic (exact) mass is 1160 g/mol. The van der Waals surface area contributed by atoms with Gasteiger partial charge in [0.1, 0.15) is 18.8 Å². The molecule has 3 N–H and O–H groups in total. The third-order valence-electron chi connectivity index (χ3n) is 14.9. The summed E-state index contributed by atoms with van der Waals surface area (Å²) >= 11 is 0. The fraction of sp³-hybridized carbons (Fsp3) is 0.746. The zero-order valence-corrected chi connectivity index (χ0v) is 52.7. The second kappa shape index (κ2) is 58.3. The number of carbonyl (C=O) groups excluding carboxylic acids is 3. The van der Waals surface area contributed by atoms with Crippen molar-refractivity contribution in [2.75, 3.05) is 13.2 Å². The minimum atomic E-state index is -1.91. The predicted molar refractivity (Wildman–Crippen MR) is 340 cm³/mol. The Morgan fingerprint density at radius 2 is 0.759 bits per heavy atom. The van der Waals surface area contributed by atoms with Gasteiger partial charge in [0.2, 0.25) is 0 Å². The Balaban J connectivity index is 2.65. The normalized spacial score (nSPS) is 18.1. The van der Waals surface area contributed by atoms with E-state index in [-0.39, 0.29) is 25.9 Å². The van der Waals surface area contributed by atoms with E-state index >= 15 is 0 Å². The Labute approximate surface area is 505 Å². The Hall–Kier alpha value is -4.10. The molecule has 6 unspecified atom stereocenters. The maximum Gasteiger partial charge on any atom is 0.335 e. The number of hydrogen-bond acceptors (Lipinski definition) is 11. The lowest BCUT2D eigenvalue weighted by molar-refractivity contribution is -0.301. The summed E-state index contributed by atoms with van der Waals surface area (Å²) in [5.41, 5.74) is 0. The molecule has 0 aromatic rings. The van der Waals surface area contributed by atoms with Gasteiger partial charge in [-0.1, -0.05) is 241 Å². The highest BCUT2D eigenvalue weighted by molar-refractivity contribution is 5.74. The maximum atomic E-state index is 13.2. The first-order valence-electron chi connectivity index (χ1n) is 33.6. The average molecular weight is 1170 g/mol. The predicted octanol–water partition coefficient (Wildman–Crippen LogP) is 18.2. The number of aliphatic hydroxyl groups excluding tert-OH is 2. The molecule has 0 bridgehead atoms. The van der Waals surface area contributed by atoms with Crippen molar-refractivity contribution in [2.24, 2.45) is 0 Å². The van der Waals surface area contributed by atoms with Crippen LogP contribution in [0.2, 0.25) is 0 Å². The van der Waals surface area contributed by atoms with Crippen LogP contribution in [0.3, 0.4) is 0 Å². The Morgan fingerprint density at radius 3 is 1.16 bits per heavy atom. The highest BCUT2D eigenvalue weighted by Crippen LogP contribution is 2.27. The van der Waals surface area contributed by atoms with E-state index in [9.17, 15) is 34.5 Å². The zero-order chi connectivity index (χ0) is 60.3. The second-order valence-corrected chi connectivity index (χ2v) is 22.7. The van der Waals surface area contributed by atoms with E-state index in [4.69, 9.17) is 23.7 Å². The van der Waals surface area contributed by atoms with E-state index < -0.39 is 67.3 Å². The van der Waals surface area contributed by atoms with Crippen molar-refractivity contribution < 1.29 is 58.2 Å². The highest BCUT2D eigenvalue weighted by Gasteiger charge is 2.50. The first-order chi connectivity index (χ1) is 40.6. The smallest absolute Gasteiger partial charge is 0.335 e. The van der Waals surface area contributed by atoms with Crippen LogP contribution in [0.15, 0.2) is 85.1 Å². The third kappa shape index (κ3) is 47.8. The molecule has 1 saturated heterocycles. The molecule has 6 atom stereocenters. The van der Waals surface area contributed by atoms with E-state index in [0.717, 1.165) is 122 Å². The summed E-state index contributed by atoms with van der Waals surface area (Å²) in [4.78, 5) is 51.4. The number of allylic oxidation sites excluding steroid dienone is 14. The maximum absolute atomic E-state index is 13.2. The van der Waals surface area contributed by atoms with Gasteiger partial charge in [0.25, 0.3) is 0 Å². The molecule has 12 heteroatoms. The molecule has 0 saturated carbocycles. The zero-order valence-electron chi connectivity index (χ0n) is 52.7. The van der Waals surface area contributed by atoms with Crippen molar-refractivity contribution in [1.29, 1.82) is 0 Å². The van der Waals surface area contributed by atoms with Crippen molar-refractivity contribution in [1.82, 2.24) is 0 Å². The summed E-state index contributed by atoms with van der Waals surface area (Å²) in [5.74, 6) is -3.14. The minimum Gasteiger partial charge on any atom is -0.479 e. The quantitative estimate of drug-likeness (QED) is 0.0228. The molecule has 0 aromatic carbocycles. The van der Waals surface area contributed by atoms with Gasteiger partial charge in [-0.3, -0.25) is 14.4 Å². The molecule has 83 heavy (non-hydrogen) atoms. The fourth-order valence-corrected chi connectivity index (χ4v) is 9.80. The van der Waals surface area contributed by atoms with Crippen LogP contribution >= 0.6 is 0 Å². The van der Waals surface area contributed by atoms with Crippen LogP contribution in [-0.2, 0) is 42.9 Å². The van der Waals surface area contributed by atoms with Gasteiger partial charge >= 0.3 is 23.9 Å². The van der Waals surface area contributed by atoms with E-state index in [2.05, 4.69) is 106 Å². The highest BCUT2D eigenvalue weighted by atomic mass is 16.7. The molecule has 1 heterocycles. The number of esters is 3. The first kappa shape index (κ1) is 76.9. The largest absolute Gasteiger partial charge is 0.479 e. The van der Waals surface area contributed by atoms with Crippen molar-refractivity contribution in [3.63, 3.8) is 0 Å². The Kier molecular flexibility index (Phi) is 54.0. The number of carboxylic acid groups (broad SMARTS) is 1. The molecule has 1 fully saturated rings. The summed E-state index contributed by atoms with van der Waals surface area (Å²) in [5, 5.41) is 31.6. The number of rotatable bonds is 57. The van der Waals surface area contributed by atoms with Crippen LogP contribution in [-0.4, -0.2) is 89.2 Å². The van der Waals surface area contributed by atoms with Crippen molar-refractivity contribution in [2.45, 2.75) is 327 Å². The minimum absolute atomic E-state index is 0.0511. The van der Waals surface area contributed by atoms with Crippen molar-refractivity contribution in [3.05, 3.63) is 85.1 Å². The first-order valence-corrected chi connectivity index (χ1v) is 33.6. The summed E-state index contributed by atoms with van der Waals surface area (Å²) in [6, 6.07) is 0. The van der Waals surface area contributed by atoms with Gasteiger partial charge in [-0.05, 0) is 116 Å². The van der Waals surface area contributed by atoms with E-state index in [1.807, 2.05) is 0 Å². The van der Waals surface area contributed by atoms with Gasteiger partial charge in [0.05, 0.1) is 6.61 Å². The molecule has 1 rings (SSSR count). The summed E-state index contributed by atoms with van der Waals surface area (Å²) in [6.45, 7) is 5.85. The molecule has 1 aliphatic rings. The van der Waals surface area contributed by atoms with Crippen LogP contribution in [0.5, 0.6) is 0 Å². The van der Waals surface area contributed by atoms with Gasteiger partial charge in [-0.25, -0.2) is 4.79 Å². The van der Waals surface area contributed by atoms with Crippen LogP contribution in [0.25, 0.3) is 0 Å². The molecule has 0 aliphatic carbocycles. The summed E-state index contributed by atoms with van der Waals surface area (Å²) in [7, 11) is 0. The third-order valence-corrected chi connectivity index (χ3v) is 14.9. The van der Waals surface area contributed by atoms with E-state index in [1.165, 1.54) is 109 Å². The second-order valence-electron chi connectivity index (χ2n) is 22.7. The molecule has 1 aliphatic heterocycles. The Morgan fingerprint density at radius 1 is 0.410 bits per heavy atom. The molecular formula is C71H120O12. The Bertz CT molecular complexity index is 1760. The number of carboxylic acids is 1.